The van der Waals surface area contributed by atoms with E-state index in [9.17, 15) is 9.59 Å². The molecule has 1 atom stereocenters. The van der Waals surface area contributed by atoms with E-state index < -0.39 is 11.2 Å². The molecule has 0 aliphatic rings. The first kappa shape index (κ1) is 23.6. The number of benzene rings is 2. The van der Waals surface area contributed by atoms with Gasteiger partial charge in [0.15, 0.2) is 0 Å². The summed E-state index contributed by atoms with van der Waals surface area (Å²) in [6.07, 6.45) is 2.10. The molecule has 32 heavy (non-hydrogen) atoms. The van der Waals surface area contributed by atoms with Gasteiger partial charge in [0.2, 0.25) is 5.91 Å². The lowest BCUT2D eigenvalue weighted by Crippen LogP contribution is -2.25. The van der Waals surface area contributed by atoms with Crippen molar-refractivity contribution in [2.24, 2.45) is 0 Å². The summed E-state index contributed by atoms with van der Waals surface area (Å²) >= 11 is 7.30. The fraction of sp³-hybridized carbons (Fsp3) is 0.208. The molecule has 3 aromatic rings. The molecule has 166 valence electrons. The Morgan fingerprint density at radius 1 is 1.03 bits per heavy atom. The maximum atomic E-state index is 13.0. The summed E-state index contributed by atoms with van der Waals surface area (Å²) in [5, 5.41) is 3.17. The fourth-order valence-corrected chi connectivity index (χ4v) is 4.02. The highest BCUT2D eigenvalue weighted by molar-refractivity contribution is 8.00. The van der Waals surface area contributed by atoms with Gasteiger partial charge in [-0.05, 0) is 49.7 Å². The minimum atomic E-state index is -0.592. The number of carbonyl (C=O) groups is 2. The zero-order chi connectivity index (χ0) is 22.9. The number of ether oxygens (including phenoxy) is 2. The Hall–Kier alpha value is -3.03. The van der Waals surface area contributed by atoms with Crippen molar-refractivity contribution in [3.8, 4) is 11.5 Å². The molecule has 1 N–H and O–H groups in total. The largest absolute Gasteiger partial charge is 0.492 e. The van der Waals surface area contributed by atoms with Crippen LogP contribution in [0.1, 0.15) is 30.6 Å². The van der Waals surface area contributed by atoms with E-state index in [2.05, 4.69) is 10.3 Å². The van der Waals surface area contributed by atoms with E-state index in [4.69, 9.17) is 21.1 Å². The quantitative estimate of drug-likeness (QED) is 0.239. The van der Waals surface area contributed by atoms with Crippen LogP contribution in [0.3, 0.4) is 0 Å². The SMILES string of the molecule is CCOc1ccccc1NC(=O)[C@@H](CC)Sc1ncccc1C(=O)Oc1ccccc1Cl. The van der Waals surface area contributed by atoms with Crippen LogP contribution in [0.5, 0.6) is 11.5 Å². The molecule has 1 heterocycles. The Morgan fingerprint density at radius 3 is 2.47 bits per heavy atom. The summed E-state index contributed by atoms with van der Waals surface area (Å²) in [5.74, 6) is 0.0627. The van der Waals surface area contributed by atoms with Crippen molar-refractivity contribution in [1.82, 2.24) is 4.98 Å². The molecule has 0 fully saturated rings. The fourth-order valence-electron chi connectivity index (χ4n) is 2.84. The molecule has 3 rings (SSSR count). The van der Waals surface area contributed by atoms with Crippen molar-refractivity contribution in [3.05, 3.63) is 77.4 Å². The lowest BCUT2D eigenvalue weighted by atomic mass is 10.2. The summed E-state index contributed by atoms with van der Waals surface area (Å²) < 4.78 is 11.0. The van der Waals surface area contributed by atoms with Gasteiger partial charge in [0.25, 0.3) is 0 Å². The smallest absolute Gasteiger partial charge is 0.346 e. The molecule has 2 aromatic carbocycles. The lowest BCUT2D eigenvalue weighted by Gasteiger charge is -2.17. The Bertz CT molecular complexity index is 1090. The Labute approximate surface area is 196 Å². The standard InChI is InChI=1S/C24H23ClN2O4S/c1-3-21(22(28)27-18-12-6-8-14-20(18)30-4-2)32-23-16(10-9-15-26-23)24(29)31-19-13-7-5-11-17(19)25/h5-15,21H,3-4H2,1-2H3,(H,27,28)/t21-/m1/s1. The highest BCUT2D eigenvalue weighted by Crippen LogP contribution is 2.31. The highest BCUT2D eigenvalue weighted by atomic mass is 35.5. The van der Waals surface area contributed by atoms with Crippen LogP contribution >= 0.6 is 23.4 Å². The molecule has 0 aliphatic carbocycles. The summed E-state index contributed by atoms with van der Waals surface area (Å²) in [6.45, 7) is 4.27. The Morgan fingerprint density at radius 2 is 1.75 bits per heavy atom. The van der Waals surface area contributed by atoms with Crippen molar-refractivity contribution >= 4 is 40.9 Å². The lowest BCUT2D eigenvalue weighted by molar-refractivity contribution is -0.115. The van der Waals surface area contributed by atoms with Gasteiger partial charge in [0, 0.05) is 6.20 Å². The summed E-state index contributed by atoms with van der Waals surface area (Å²) in [6, 6.07) is 17.2. The van der Waals surface area contributed by atoms with Gasteiger partial charge in [0.1, 0.15) is 16.5 Å². The average molecular weight is 471 g/mol. The average Bonchev–Trinajstić information content (AvgIpc) is 2.80. The van der Waals surface area contributed by atoms with Crippen molar-refractivity contribution in [1.29, 1.82) is 0 Å². The molecule has 1 amide bonds. The van der Waals surface area contributed by atoms with Gasteiger partial charge in [-0.1, -0.05) is 54.6 Å². The topological polar surface area (TPSA) is 77.5 Å². The number of nitrogens with one attached hydrogen (secondary N) is 1. The van der Waals surface area contributed by atoms with E-state index in [0.29, 0.717) is 34.5 Å². The van der Waals surface area contributed by atoms with Crippen molar-refractivity contribution < 1.29 is 19.1 Å². The zero-order valence-electron chi connectivity index (χ0n) is 17.7. The van der Waals surface area contributed by atoms with Crippen LogP contribution in [0.4, 0.5) is 5.69 Å². The number of esters is 1. The van der Waals surface area contributed by atoms with Crippen LogP contribution in [0, 0.1) is 0 Å². The number of thioether (sulfide) groups is 1. The number of aromatic nitrogens is 1. The zero-order valence-corrected chi connectivity index (χ0v) is 19.3. The third kappa shape index (κ3) is 6.02. The van der Waals surface area contributed by atoms with E-state index in [-0.39, 0.29) is 17.2 Å². The molecule has 8 heteroatoms. The Balaban J connectivity index is 1.76. The van der Waals surface area contributed by atoms with E-state index in [1.54, 1.807) is 54.7 Å². The minimum absolute atomic E-state index is 0.208. The van der Waals surface area contributed by atoms with Crippen LogP contribution in [0.25, 0.3) is 0 Å². The minimum Gasteiger partial charge on any atom is -0.492 e. The van der Waals surface area contributed by atoms with Gasteiger partial charge >= 0.3 is 5.97 Å². The summed E-state index contributed by atoms with van der Waals surface area (Å²) in [7, 11) is 0. The molecular formula is C24H23ClN2O4S. The number of carbonyl (C=O) groups excluding carboxylic acids is 2. The molecule has 0 spiro atoms. The number of halogens is 1. The highest BCUT2D eigenvalue weighted by Gasteiger charge is 2.24. The van der Waals surface area contributed by atoms with E-state index in [0.717, 1.165) is 0 Å². The normalized spacial score (nSPS) is 11.5. The second-order valence-corrected chi connectivity index (χ2v) is 8.21. The monoisotopic (exact) mass is 470 g/mol. The maximum absolute atomic E-state index is 13.0. The Kier molecular flexibility index (Phi) is 8.53. The van der Waals surface area contributed by atoms with Gasteiger partial charge in [0.05, 0.1) is 28.1 Å². The van der Waals surface area contributed by atoms with Gasteiger partial charge < -0.3 is 14.8 Å². The van der Waals surface area contributed by atoms with Gasteiger partial charge in [-0.3, -0.25) is 4.79 Å². The maximum Gasteiger partial charge on any atom is 0.346 e. The van der Waals surface area contributed by atoms with Crippen molar-refractivity contribution in [3.63, 3.8) is 0 Å². The molecule has 0 radical (unpaired) electrons. The molecule has 0 saturated carbocycles. The number of para-hydroxylation sites is 3. The predicted molar refractivity (Wildman–Crippen MR) is 127 cm³/mol. The number of hydrogen-bond donors (Lipinski definition) is 1. The van der Waals surface area contributed by atoms with Crippen LogP contribution in [0.15, 0.2) is 71.9 Å². The van der Waals surface area contributed by atoms with Crippen LogP contribution in [-0.4, -0.2) is 28.7 Å². The number of pyridine rings is 1. The van der Waals surface area contributed by atoms with Gasteiger partial charge in [-0.2, -0.15) is 0 Å². The first-order chi connectivity index (χ1) is 15.5. The van der Waals surface area contributed by atoms with Crippen LogP contribution in [-0.2, 0) is 4.79 Å². The molecular weight excluding hydrogens is 448 g/mol. The third-order valence-corrected chi connectivity index (χ3v) is 6.09. The van der Waals surface area contributed by atoms with Crippen molar-refractivity contribution in [2.45, 2.75) is 30.5 Å². The number of amides is 1. The summed E-state index contributed by atoms with van der Waals surface area (Å²) in [5.41, 5.74) is 0.858. The second-order valence-electron chi connectivity index (χ2n) is 6.61. The second kappa shape index (κ2) is 11.5. The van der Waals surface area contributed by atoms with Crippen LogP contribution < -0.4 is 14.8 Å². The van der Waals surface area contributed by atoms with Crippen molar-refractivity contribution in [2.75, 3.05) is 11.9 Å². The number of rotatable bonds is 9. The number of nitrogens with zero attached hydrogens (tertiary/aromatic N) is 1. The molecule has 0 bridgehead atoms. The molecule has 0 unspecified atom stereocenters. The molecule has 6 nitrogen and oxygen atoms in total. The van der Waals surface area contributed by atoms with E-state index in [1.165, 1.54) is 11.8 Å². The van der Waals surface area contributed by atoms with Gasteiger partial charge in [-0.15, -0.1) is 0 Å². The van der Waals surface area contributed by atoms with Crippen LogP contribution in [0.2, 0.25) is 5.02 Å². The molecule has 0 saturated heterocycles. The van der Waals surface area contributed by atoms with E-state index in [1.807, 2.05) is 26.0 Å². The van der Waals surface area contributed by atoms with E-state index >= 15 is 0 Å². The molecule has 0 aliphatic heterocycles. The third-order valence-electron chi connectivity index (χ3n) is 4.39. The number of hydrogen-bond acceptors (Lipinski definition) is 6. The first-order valence-electron chi connectivity index (χ1n) is 10.1. The van der Waals surface area contributed by atoms with Gasteiger partial charge in [-0.25, -0.2) is 9.78 Å². The predicted octanol–water partition coefficient (Wildman–Crippen LogP) is 5.86. The summed E-state index contributed by atoms with van der Waals surface area (Å²) in [4.78, 5) is 30.1. The number of anilines is 1. The molecule has 1 aromatic heterocycles. The first-order valence-corrected chi connectivity index (χ1v) is 11.4.